The molecule has 0 bridgehead atoms. The highest BCUT2D eigenvalue weighted by molar-refractivity contribution is 5.73. The molecule has 5 heteroatoms. The first-order chi connectivity index (χ1) is 8.20. The van der Waals surface area contributed by atoms with Crippen molar-refractivity contribution in [2.75, 3.05) is 30.8 Å². The maximum absolute atomic E-state index is 11.5. The molecule has 1 unspecified atom stereocenters. The fraction of sp³-hybridized carbons (Fsp3) is 0.500. The number of nitrogens with zero attached hydrogens (tertiary/aromatic N) is 2. The smallest absolute Gasteiger partial charge is 0.310 e. The van der Waals surface area contributed by atoms with Gasteiger partial charge in [-0.2, -0.15) is 0 Å². The Kier molecular flexibility index (Phi) is 3.46. The van der Waals surface area contributed by atoms with Gasteiger partial charge < -0.3 is 15.4 Å². The molecule has 0 aliphatic carbocycles. The average molecular weight is 235 g/mol. The number of hydrogen-bond acceptors (Lipinski definition) is 5. The number of anilines is 2. The van der Waals surface area contributed by atoms with E-state index in [0.29, 0.717) is 12.4 Å². The lowest BCUT2D eigenvalue weighted by Crippen LogP contribution is -2.39. The van der Waals surface area contributed by atoms with E-state index >= 15 is 0 Å². The van der Waals surface area contributed by atoms with Crippen LogP contribution in [0.25, 0.3) is 0 Å². The molecule has 1 atom stereocenters. The maximum Gasteiger partial charge on any atom is 0.310 e. The molecule has 1 fully saturated rings. The lowest BCUT2D eigenvalue weighted by molar-refractivity contribution is -0.145. The van der Waals surface area contributed by atoms with Gasteiger partial charge in [0.15, 0.2) is 0 Å². The summed E-state index contributed by atoms with van der Waals surface area (Å²) in [6, 6.07) is 3.75. The van der Waals surface area contributed by atoms with Crippen LogP contribution in [-0.4, -0.2) is 31.2 Å². The minimum absolute atomic E-state index is 0.0388. The van der Waals surface area contributed by atoms with Gasteiger partial charge in [-0.15, -0.1) is 0 Å². The van der Waals surface area contributed by atoms with Gasteiger partial charge in [0.1, 0.15) is 5.82 Å². The van der Waals surface area contributed by atoms with E-state index in [1.165, 1.54) is 7.11 Å². The van der Waals surface area contributed by atoms with Gasteiger partial charge in [-0.05, 0) is 18.9 Å². The average Bonchev–Trinajstić information content (AvgIpc) is 2.38. The van der Waals surface area contributed by atoms with Crippen molar-refractivity contribution >= 4 is 17.5 Å². The predicted molar refractivity (Wildman–Crippen MR) is 65.6 cm³/mol. The second-order valence-electron chi connectivity index (χ2n) is 4.25. The Morgan fingerprint density at radius 3 is 3.18 bits per heavy atom. The van der Waals surface area contributed by atoms with Gasteiger partial charge in [-0.25, -0.2) is 4.98 Å². The topological polar surface area (TPSA) is 68.5 Å². The van der Waals surface area contributed by atoms with E-state index in [1.54, 1.807) is 6.20 Å². The highest BCUT2D eigenvalue weighted by atomic mass is 16.5. The quantitative estimate of drug-likeness (QED) is 0.776. The number of nitrogens with two attached hydrogens (primary N) is 1. The largest absolute Gasteiger partial charge is 0.469 e. The van der Waals surface area contributed by atoms with E-state index in [-0.39, 0.29) is 11.9 Å². The van der Waals surface area contributed by atoms with E-state index < -0.39 is 0 Å². The van der Waals surface area contributed by atoms with Gasteiger partial charge in [0.2, 0.25) is 0 Å². The molecule has 0 aromatic carbocycles. The molecule has 1 aromatic rings. The van der Waals surface area contributed by atoms with E-state index in [0.717, 1.165) is 25.1 Å². The highest BCUT2D eigenvalue weighted by Gasteiger charge is 2.26. The summed E-state index contributed by atoms with van der Waals surface area (Å²) in [5.74, 6) is 0.336. The summed E-state index contributed by atoms with van der Waals surface area (Å²) in [4.78, 5) is 17.6. The molecule has 1 saturated heterocycles. The third-order valence-corrected chi connectivity index (χ3v) is 3.09. The molecular weight excluding hydrogens is 218 g/mol. The third kappa shape index (κ3) is 2.67. The number of aromatic nitrogens is 1. The Hall–Kier alpha value is -1.78. The fourth-order valence-electron chi connectivity index (χ4n) is 2.20. The number of pyridine rings is 1. The summed E-state index contributed by atoms with van der Waals surface area (Å²) in [5, 5.41) is 0. The Balaban J connectivity index is 2.09. The Bertz CT molecular complexity index is 408. The van der Waals surface area contributed by atoms with Gasteiger partial charge in [-0.1, -0.05) is 0 Å². The molecule has 2 N–H and O–H groups in total. The lowest BCUT2D eigenvalue weighted by Gasteiger charge is -2.33. The van der Waals surface area contributed by atoms with Gasteiger partial charge in [0, 0.05) is 31.0 Å². The summed E-state index contributed by atoms with van der Waals surface area (Å²) < 4.78 is 4.79. The van der Waals surface area contributed by atoms with E-state index in [2.05, 4.69) is 9.88 Å². The first kappa shape index (κ1) is 11.7. The molecule has 2 rings (SSSR count). The second kappa shape index (κ2) is 5.03. The Morgan fingerprint density at radius 2 is 2.47 bits per heavy atom. The van der Waals surface area contributed by atoms with Crippen LogP contribution in [0.5, 0.6) is 0 Å². The zero-order chi connectivity index (χ0) is 12.3. The van der Waals surface area contributed by atoms with Crippen LogP contribution < -0.4 is 10.6 Å². The zero-order valence-corrected chi connectivity index (χ0v) is 9.93. The molecule has 1 aliphatic heterocycles. The van der Waals surface area contributed by atoms with Crippen molar-refractivity contribution in [3.05, 3.63) is 18.3 Å². The van der Waals surface area contributed by atoms with Gasteiger partial charge in [0.05, 0.1) is 13.0 Å². The monoisotopic (exact) mass is 235 g/mol. The minimum atomic E-state index is -0.128. The number of nitrogen functional groups attached to an aromatic ring is 1. The van der Waals surface area contributed by atoms with Crippen LogP contribution in [0.2, 0.25) is 0 Å². The molecule has 0 spiro atoms. The number of rotatable bonds is 2. The molecule has 0 radical (unpaired) electrons. The second-order valence-corrected chi connectivity index (χ2v) is 4.25. The van der Waals surface area contributed by atoms with Crippen molar-refractivity contribution in [2.24, 2.45) is 5.92 Å². The number of carbonyl (C=O) groups excluding carboxylic acids is 1. The molecule has 2 heterocycles. The summed E-state index contributed by atoms with van der Waals surface area (Å²) in [6.07, 6.45) is 3.57. The Morgan fingerprint density at radius 1 is 1.65 bits per heavy atom. The van der Waals surface area contributed by atoms with Crippen LogP contribution in [0.3, 0.4) is 0 Å². The van der Waals surface area contributed by atoms with Crippen LogP contribution in [0.4, 0.5) is 11.5 Å². The molecule has 1 aliphatic rings. The fourth-order valence-corrected chi connectivity index (χ4v) is 2.20. The summed E-state index contributed by atoms with van der Waals surface area (Å²) in [5.41, 5.74) is 6.68. The normalized spacial score (nSPS) is 20.1. The van der Waals surface area contributed by atoms with Crippen molar-refractivity contribution in [1.29, 1.82) is 0 Å². The SMILES string of the molecule is COC(=O)C1CCCN(c2ccnc(N)c2)C1. The van der Waals surface area contributed by atoms with Crippen LogP contribution >= 0.6 is 0 Å². The Labute approximate surface area is 101 Å². The molecule has 17 heavy (non-hydrogen) atoms. The first-order valence-corrected chi connectivity index (χ1v) is 5.75. The van der Waals surface area contributed by atoms with E-state index in [4.69, 9.17) is 10.5 Å². The van der Waals surface area contributed by atoms with Crippen LogP contribution in [-0.2, 0) is 9.53 Å². The predicted octanol–water partition coefficient (Wildman–Crippen LogP) is 1.05. The molecule has 0 amide bonds. The molecule has 92 valence electrons. The molecule has 5 nitrogen and oxygen atoms in total. The van der Waals surface area contributed by atoms with E-state index in [9.17, 15) is 4.79 Å². The molecular formula is C12H17N3O2. The summed E-state index contributed by atoms with van der Waals surface area (Å²) in [6.45, 7) is 1.63. The number of esters is 1. The van der Waals surface area contributed by atoms with Crippen molar-refractivity contribution in [3.8, 4) is 0 Å². The van der Waals surface area contributed by atoms with Gasteiger partial charge >= 0.3 is 5.97 Å². The van der Waals surface area contributed by atoms with E-state index in [1.807, 2.05) is 12.1 Å². The number of hydrogen-bond donors (Lipinski definition) is 1. The third-order valence-electron chi connectivity index (χ3n) is 3.09. The number of piperidine rings is 1. The number of carbonyl (C=O) groups is 1. The first-order valence-electron chi connectivity index (χ1n) is 5.75. The van der Waals surface area contributed by atoms with Crippen molar-refractivity contribution in [3.63, 3.8) is 0 Å². The summed E-state index contributed by atoms with van der Waals surface area (Å²) >= 11 is 0. The molecule has 1 aromatic heterocycles. The zero-order valence-electron chi connectivity index (χ0n) is 9.93. The summed E-state index contributed by atoms with van der Waals surface area (Å²) in [7, 11) is 1.44. The standard InChI is InChI=1S/C12H17N3O2/c1-17-12(16)9-3-2-6-15(8-9)10-4-5-14-11(13)7-10/h4-5,7,9H,2-3,6,8H2,1H3,(H2,13,14). The lowest BCUT2D eigenvalue weighted by atomic mass is 9.98. The van der Waals surface area contributed by atoms with Crippen LogP contribution in [0.1, 0.15) is 12.8 Å². The molecule has 0 saturated carbocycles. The van der Waals surface area contributed by atoms with Crippen molar-refractivity contribution in [1.82, 2.24) is 4.98 Å². The highest BCUT2D eigenvalue weighted by Crippen LogP contribution is 2.24. The number of ether oxygens (including phenoxy) is 1. The number of methoxy groups -OCH3 is 1. The maximum atomic E-state index is 11.5. The van der Waals surface area contributed by atoms with Crippen molar-refractivity contribution < 1.29 is 9.53 Å². The van der Waals surface area contributed by atoms with Gasteiger partial charge in [0.25, 0.3) is 0 Å². The van der Waals surface area contributed by atoms with Crippen molar-refractivity contribution in [2.45, 2.75) is 12.8 Å². The van der Waals surface area contributed by atoms with Crippen LogP contribution in [0.15, 0.2) is 18.3 Å². The van der Waals surface area contributed by atoms with Crippen LogP contribution in [0, 0.1) is 5.92 Å². The van der Waals surface area contributed by atoms with Gasteiger partial charge in [-0.3, -0.25) is 4.79 Å². The minimum Gasteiger partial charge on any atom is -0.469 e.